The summed E-state index contributed by atoms with van der Waals surface area (Å²) >= 11 is 0. The first-order valence-corrected chi connectivity index (χ1v) is 5.53. The Morgan fingerprint density at radius 2 is 2.20 bits per heavy atom. The van der Waals surface area contributed by atoms with Crippen molar-refractivity contribution in [2.75, 3.05) is 39.4 Å². The summed E-state index contributed by atoms with van der Waals surface area (Å²) in [7, 11) is 0. The van der Waals surface area contributed by atoms with Crippen LogP contribution in [0.5, 0.6) is 0 Å². The van der Waals surface area contributed by atoms with Crippen molar-refractivity contribution in [1.29, 1.82) is 0 Å². The SMILES string of the molecule is O=C(O)[C@@H]1NCC[C@H]1CN1CCOCC1. The van der Waals surface area contributed by atoms with Gasteiger partial charge in [0.2, 0.25) is 0 Å². The van der Waals surface area contributed by atoms with Gasteiger partial charge in [0, 0.05) is 19.6 Å². The fraction of sp³-hybridized carbons (Fsp3) is 0.900. The molecule has 2 aliphatic heterocycles. The van der Waals surface area contributed by atoms with E-state index in [1.165, 1.54) is 0 Å². The Morgan fingerprint density at radius 3 is 2.87 bits per heavy atom. The summed E-state index contributed by atoms with van der Waals surface area (Å²) in [6.07, 6.45) is 0.967. The molecule has 15 heavy (non-hydrogen) atoms. The topological polar surface area (TPSA) is 61.8 Å². The van der Waals surface area contributed by atoms with E-state index in [1.807, 2.05) is 0 Å². The van der Waals surface area contributed by atoms with Gasteiger partial charge in [0.25, 0.3) is 0 Å². The summed E-state index contributed by atoms with van der Waals surface area (Å²) in [5, 5.41) is 12.0. The van der Waals surface area contributed by atoms with Crippen LogP contribution < -0.4 is 5.32 Å². The molecule has 2 N–H and O–H groups in total. The quantitative estimate of drug-likeness (QED) is 0.655. The van der Waals surface area contributed by atoms with Crippen LogP contribution in [0.15, 0.2) is 0 Å². The smallest absolute Gasteiger partial charge is 0.321 e. The van der Waals surface area contributed by atoms with E-state index < -0.39 is 5.97 Å². The Hall–Kier alpha value is -0.650. The van der Waals surface area contributed by atoms with Crippen LogP contribution in [0.1, 0.15) is 6.42 Å². The van der Waals surface area contributed by atoms with E-state index in [2.05, 4.69) is 10.2 Å². The summed E-state index contributed by atoms with van der Waals surface area (Å²) in [6.45, 7) is 5.13. The molecule has 2 aliphatic rings. The molecule has 0 spiro atoms. The highest BCUT2D eigenvalue weighted by Crippen LogP contribution is 2.17. The van der Waals surface area contributed by atoms with Gasteiger partial charge in [0.1, 0.15) is 6.04 Å². The third-order valence-electron chi connectivity index (χ3n) is 3.21. The van der Waals surface area contributed by atoms with Gasteiger partial charge in [0.15, 0.2) is 0 Å². The number of ether oxygens (including phenoxy) is 1. The first kappa shape index (κ1) is 10.9. The molecule has 2 rings (SSSR count). The van der Waals surface area contributed by atoms with Crippen molar-refractivity contribution in [3.05, 3.63) is 0 Å². The Bertz CT molecular complexity index is 229. The molecule has 2 heterocycles. The van der Waals surface area contributed by atoms with Crippen LogP contribution >= 0.6 is 0 Å². The molecule has 5 heteroatoms. The molecule has 5 nitrogen and oxygen atoms in total. The second kappa shape index (κ2) is 4.92. The number of nitrogens with zero attached hydrogens (tertiary/aromatic N) is 1. The van der Waals surface area contributed by atoms with Gasteiger partial charge in [-0.2, -0.15) is 0 Å². The molecule has 0 bridgehead atoms. The lowest BCUT2D eigenvalue weighted by molar-refractivity contribution is -0.140. The lowest BCUT2D eigenvalue weighted by atomic mass is 10.00. The number of carboxylic acids is 1. The van der Waals surface area contributed by atoms with Gasteiger partial charge in [-0.05, 0) is 18.9 Å². The van der Waals surface area contributed by atoms with Crippen molar-refractivity contribution in [3.63, 3.8) is 0 Å². The lowest BCUT2D eigenvalue weighted by Crippen LogP contribution is -2.44. The third kappa shape index (κ3) is 2.68. The number of carboxylic acid groups (broad SMARTS) is 1. The summed E-state index contributed by atoms with van der Waals surface area (Å²) < 4.78 is 5.26. The third-order valence-corrected chi connectivity index (χ3v) is 3.21. The largest absolute Gasteiger partial charge is 0.480 e. The van der Waals surface area contributed by atoms with Gasteiger partial charge in [0.05, 0.1) is 13.2 Å². The van der Waals surface area contributed by atoms with Gasteiger partial charge < -0.3 is 15.2 Å². The molecule has 2 fully saturated rings. The van der Waals surface area contributed by atoms with Crippen molar-refractivity contribution in [2.24, 2.45) is 5.92 Å². The molecule has 0 aromatic heterocycles. The number of carbonyl (C=O) groups is 1. The molecule has 86 valence electrons. The molecule has 0 saturated carbocycles. The van der Waals surface area contributed by atoms with E-state index >= 15 is 0 Å². The van der Waals surface area contributed by atoms with E-state index in [0.717, 1.165) is 45.8 Å². The van der Waals surface area contributed by atoms with Crippen molar-refractivity contribution < 1.29 is 14.6 Å². The molecular weight excluding hydrogens is 196 g/mol. The predicted molar refractivity (Wildman–Crippen MR) is 54.8 cm³/mol. The molecule has 0 radical (unpaired) electrons. The molecule has 0 aromatic rings. The van der Waals surface area contributed by atoms with Crippen LogP contribution in [0, 0.1) is 5.92 Å². The minimum Gasteiger partial charge on any atom is -0.480 e. The van der Waals surface area contributed by atoms with E-state index in [-0.39, 0.29) is 12.0 Å². The normalized spacial score (nSPS) is 33.1. The minimum absolute atomic E-state index is 0.251. The van der Waals surface area contributed by atoms with Crippen molar-refractivity contribution in [3.8, 4) is 0 Å². The van der Waals surface area contributed by atoms with Gasteiger partial charge in [-0.15, -0.1) is 0 Å². The average molecular weight is 214 g/mol. The standard InChI is InChI=1S/C10H18N2O3/c13-10(14)9-8(1-2-11-9)7-12-3-5-15-6-4-12/h8-9,11H,1-7H2,(H,13,14)/t8-,9+/m0/s1. The summed E-state index contributed by atoms with van der Waals surface area (Å²) in [5.41, 5.74) is 0. The zero-order valence-electron chi connectivity index (χ0n) is 8.82. The molecule has 2 atom stereocenters. The number of morpholine rings is 1. The highest BCUT2D eigenvalue weighted by Gasteiger charge is 2.33. The van der Waals surface area contributed by atoms with Crippen LogP contribution in [-0.2, 0) is 9.53 Å². The van der Waals surface area contributed by atoms with Crippen LogP contribution in [0.25, 0.3) is 0 Å². The zero-order chi connectivity index (χ0) is 10.7. The van der Waals surface area contributed by atoms with Crippen molar-refractivity contribution >= 4 is 5.97 Å². The molecule has 0 amide bonds. The molecule has 0 aromatic carbocycles. The average Bonchev–Trinajstić information content (AvgIpc) is 2.67. The summed E-state index contributed by atoms with van der Waals surface area (Å²) in [4.78, 5) is 13.3. The summed E-state index contributed by atoms with van der Waals surface area (Å²) in [6, 6.07) is -0.354. The van der Waals surface area contributed by atoms with Gasteiger partial charge in [-0.25, -0.2) is 0 Å². The minimum atomic E-state index is -0.717. The summed E-state index contributed by atoms with van der Waals surface area (Å²) in [5.74, 6) is -0.466. The van der Waals surface area contributed by atoms with Crippen molar-refractivity contribution in [1.82, 2.24) is 10.2 Å². The molecule has 0 unspecified atom stereocenters. The fourth-order valence-corrected chi connectivity index (χ4v) is 2.36. The maximum Gasteiger partial charge on any atom is 0.321 e. The Balaban J connectivity index is 1.84. The Kier molecular flexibility index (Phi) is 3.56. The van der Waals surface area contributed by atoms with Gasteiger partial charge in [-0.1, -0.05) is 0 Å². The molecule has 0 aliphatic carbocycles. The van der Waals surface area contributed by atoms with Gasteiger partial charge in [-0.3, -0.25) is 9.69 Å². The van der Waals surface area contributed by atoms with Crippen LogP contribution in [0.4, 0.5) is 0 Å². The van der Waals surface area contributed by atoms with E-state index in [0.29, 0.717) is 0 Å². The first-order chi connectivity index (χ1) is 7.27. The second-order valence-corrected chi connectivity index (χ2v) is 4.23. The maximum atomic E-state index is 10.9. The molecular formula is C10H18N2O3. The lowest BCUT2D eigenvalue weighted by Gasteiger charge is -2.30. The van der Waals surface area contributed by atoms with Crippen LogP contribution in [0.3, 0.4) is 0 Å². The molecule has 2 saturated heterocycles. The highest BCUT2D eigenvalue weighted by molar-refractivity contribution is 5.74. The van der Waals surface area contributed by atoms with Gasteiger partial charge >= 0.3 is 5.97 Å². The van der Waals surface area contributed by atoms with Crippen LogP contribution in [0.2, 0.25) is 0 Å². The Morgan fingerprint density at radius 1 is 1.47 bits per heavy atom. The van der Waals surface area contributed by atoms with E-state index in [4.69, 9.17) is 9.84 Å². The zero-order valence-corrected chi connectivity index (χ0v) is 8.82. The number of hydrogen-bond donors (Lipinski definition) is 2. The Labute approximate surface area is 89.4 Å². The second-order valence-electron chi connectivity index (χ2n) is 4.23. The maximum absolute atomic E-state index is 10.9. The first-order valence-electron chi connectivity index (χ1n) is 5.53. The van der Waals surface area contributed by atoms with E-state index in [1.54, 1.807) is 0 Å². The number of rotatable bonds is 3. The fourth-order valence-electron chi connectivity index (χ4n) is 2.36. The predicted octanol–water partition coefficient (Wildman–Crippen LogP) is -0.619. The number of hydrogen-bond acceptors (Lipinski definition) is 4. The number of aliphatic carboxylic acids is 1. The number of nitrogens with one attached hydrogen (secondary N) is 1. The monoisotopic (exact) mass is 214 g/mol. The van der Waals surface area contributed by atoms with E-state index in [9.17, 15) is 4.79 Å². The van der Waals surface area contributed by atoms with Crippen LogP contribution in [-0.4, -0.2) is 61.4 Å². The highest BCUT2D eigenvalue weighted by atomic mass is 16.5. The van der Waals surface area contributed by atoms with Crippen molar-refractivity contribution in [2.45, 2.75) is 12.5 Å².